The molecule has 4 aromatic rings. The summed E-state index contributed by atoms with van der Waals surface area (Å²) in [4.78, 5) is 25.0. The largest absolute Gasteiger partial charge is 0.456 e. The zero-order valence-corrected chi connectivity index (χ0v) is 21.8. The van der Waals surface area contributed by atoms with Crippen LogP contribution in [0.5, 0.6) is 0 Å². The zero-order chi connectivity index (χ0) is 26.0. The maximum atomic E-state index is 12.8. The molecule has 7 heteroatoms. The maximum Gasteiger partial charge on any atom is 0.291 e. The Morgan fingerprint density at radius 1 is 0.806 bits per heavy atom. The van der Waals surface area contributed by atoms with Gasteiger partial charge in [0.15, 0.2) is 5.76 Å². The number of hydrogen-bond acceptors (Lipinski definition) is 5. The summed E-state index contributed by atoms with van der Waals surface area (Å²) in [7, 11) is 0. The zero-order valence-electron chi connectivity index (χ0n) is 21.0. The lowest BCUT2D eigenvalue weighted by Crippen LogP contribution is -2.10. The van der Waals surface area contributed by atoms with E-state index < -0.39 is 4.92 Å². The van der Waals surface area contributed by atoms with Gasteiger partial charge in [0.1, 0.15) is 5.76 Å². The highest BCUT2D eigenvalue weighted by molar-refractivity contribution is 7.99. The molecule has 3 aromatic carbocycles. The quantitative estimate of drug-likeness (QED) is 0.207. The molecular weight excluding hydrogens is 472 g/mol. The van der Waals surface area contributed by atoms with Crippen LogP contribution in [0.2, 0.25) is 0 Å². The number of benzene rings is 3. The van der Waals surface area contributed by atoms with Gasteiger partial charge in [-0.15, -0.1) is 0 Å². The normalized spacial score (nSPS) is 10.9. The Hall–Kier alpha value is -3.84. The van der Waals surface area contributed by atoms with Gasteiger partial charge in [-0.1, -0.05) is 11.8 Å². The van der Waals surface area contributed by atoms with E-state index in [1.54, 1.807) is 18.2 Å². The van der Waals surface area contributed by atoms with Gasteiger partial charge in [-0.2, -0.15) is 0 Å². The molecule has 6 nitrogen and oxygen atoms in total. The lowest BCUT2D eigenvalue weighted by molar-refractivity contribution is -0.384. The van der Waals surface area contributed by atoms with Crippen molar-refractivity contribution >= 4 is 29.0 Å². The fourth-order valence-electron chi connectivity index (χ4n) is 4.18. The average Bonchev–Trinajstić information content (AvgIpc) is 3.35. The van der Waals surface area contributed by atoms with Crippen LogP contribution in [0.15, 0.2) is 74.9 Å². The summed E-state index contributed by atoms with van der Waals surface area (Å²) < 4.78 is 5.91. The van der Waals surface area contributed by atoms with Gasteiger partial charge in [0.25, 0.3) is 11.6 Å². The Morgan fingerprint density at radius 2 is 1.33 bits per heavy atom. The van der Waals surface area contributed by atoms with Crippen molar-refractivity contribution in [1.29, 1.82) is 0 Å². The second kappa shape index (κ2) is 10.4. The first-order chi connectivity index (χ1) is 17.1. The van der Waals surface area contributed by atoms with Gasteiger partial charge >= 0.3 is 0 Å². The second-order valence-corrected chi connectivity index (χ2v) is 10.0. The lowest BCUT2D eigenvalue weighted by Gasteiger charge is -2.18. The van der Waals surface area contributed by atoms with Gasteiger partial charge in [-0.05, 0) is 117 Å². The van der Waals surface area contributed by atoms with Gasteiger partial charge in [-0.25, -0.2) is 0 Å². The number of nitro benzene ring substituents is 1. The summed E-state index contributed by atoms with van der Waals surface area (Å²) in [6, 6.07) is 17.4. The van der Waals surface area contributed by atoms with Crippen molar-refractivity contribution in [3.05, 3.63) is 116 Å². The highest BCUT2D eigenvalue weighted by Gasteiger charge is 2.16. The fourth-order valence-corrected chi connectivity index (χ4v) is 5.00. The van der Waals surface area contributed by atoms with Crippen molar-refractivity contribution in [3.63, 3.8) is 0 Å². The van der Waals surface area contributed by atoms with Crippen LogP contribution in [-0.2, 0) is 6.42 Å². The van der Waals surface area contributed by atoms with E-state index >= 15 is 0 Å². The number of nitro groups is 1. The Bertz CT molecular complexity index is 1410. The van der Waals surface area contributed by atoms with Crippen molar-refractivity contribution in [2.24, 2.45) is 0 Å². The van der Waals surface area contributed by atoms with Crippen molar-refractivity contribution < 1.29 is 14.1 Å². The molecule has 0 saturated heterocycles. The fraction of sp³-hybridized carbons (Fsp3) is 0.207. The third kappa shape index (κ3) is 5.36. The standard InChI is InChI=1S/C29H28N2O4S/c1-17-18(2)20(4)27(21(5)19(17)3)16-24-10-15-28(35-24)29(32)30-22-6-11-25(12-7-22)36-26-13-8-23(9-14-26)31(33)34/h6-15H,16H2,1-5H3,(H,30,32). The van der Waals surface area contributed by atoms with Crippen LogP contribution >= 0.6 is 11.8 Å². The topological polar surface area (TPSA) is 85.4 Å². The molecule has 184 valence electrons. The third-order valence-electron chi connectivity index (χ3n) is 6.79. The van der Waals surface area contributed by atoms with Crippen LogP contribution in [0.4, 0.5) is 11.4 Å². The predicted octanol–water partition coefficient (Wildman–Crippen LogP) is 7.72. The number of carbonyl (C=O) groups excluding carboxylic acids is 1. The Morgan fingerprint density at radius 3 is 1.89 bits per heavy atom. The molecule has 4 rings (SSSR count). The first kappa shape index (κ1) is 25.3. The number of hydrogen-bond donors (Lipinski definition) is 1. The number of nitrogens with one attached hydrogen (secondary N) is 1. The number of non-ortho nitro benzene ring substituents is 1. The summed E-state index contributed by atoms with van der Waals surface area (Å²) in [6.45, 7) is 10.7. The van der Waals surface area contributed by atoms with Crippen LogP contribution in [0.25, 0.3) is 0 Å². The van der Waals surface area contributed by atoms with E-state index in [0.29, 0.717) is 12.1 Å². The molecule has 0 aliphatic carbocycles. The van der Waals surface area contributed by atoms with Crippen molar-refractivity contribution in [3.8, 4) is 0 Å². The molecule has 0 radical (unpaired) electrons. The van der Waals surface area contributed by atoms with E-state index in [0.717, 1.165) is 15.6 Å². The number of anilines is 1. The lowest BCUT2D eigenvalue weighted by atomic mass is 9.88. The van der Waals surface area contributed by atoms with E-state index in [4.69, 9.17) is 4.42 Å². The van der Waals surface area contributed by atoms with E-state index in [-0.39, 0.29) is 17.4 Å². The van der Waals surface area contributed by atoms with Crippen molar-refractivity contribution in [2.45, 2.75) is 50.8 Å². The molecule has 0 fully saturated rings. The summed E-state index contributed by atoms with van der Waals surface area (Å²) in [6.07, 6.45) is 0.640. The van der Waals surface area contributed by atoms with Crippen LogP contribution < -0.4 is 5.32 Å². The second-order valence-electron chi connectivity index (χ2n) is 8.88. The maximum absolute atomic E-state index is 12.8. The highest BCUT2D eigenvalue weighted by Crippen LogP contribution is 2.31. The van der Waals surface area contributed by atoms with Gasteiger partial charge in [0.05, 0.1) is 4.92 Å². The minimum atomic E-state index is -0.416. The molecule has 0 aliphatic heterocycles. The molecule has 1 N–H and O–H groups in total. The Kier molecular flexibility index (Phi) is 7.31. The summed E-state index contributed by atoms with van der Waals surface area (Å²) in [5.74, 6) is 0.718. The summed E-state index contributed by atoms with van der Waals surface area (Å²) >= 11 is 1.49. The molecular formula is C29H28N2O4S. The Labute approximate surface area is 214 Å². The smallest absolute Gasteiger partial charge is 0.291 e. The van der Waals surface area contributed by atoms with Crippen LogP contribution in [-0.4, -0.2) is 10.8 Å². The van der Waals surface area contributed by atoms with Crippen molar-refractivity contribution in [2.75, 3.05) is 5.32 Å². The minimum absolute atomic E-state index is 0.0628. The first-order valence-electron chi connectivity index (χ1n) is 11.6. The number of rotatable bonds is 7. The van der Waals surface area contributed by atoms with Gasteiger partial charge < -0.3 is 9.73 Å². The molecule has 0 spiro atoms. The minimum Gasteiger partial charge on any atom is -0.456 e. The average molecular weight is 501 g/mol. The molecule has 0 unspecified atom stereocenters. The number of amides is 1. The highest BCUT2D eigenvalue weighted by atomic mass is 32.2. The summed E-state index contributed by atoms with van der Waals surface area (Å²) in [5.41, 5.74) is 8.42. The molecule has 1 aromatic heterocycles. The molecule has 1 amide bonds. The molecule has 0 bridgehead atoms. The van der Waals surface area contributed by atoms with Crippen LogP contribution in [0.1, 0.15) is 49.7 Å². The van der Waals surface area contributed by atoms with E-state index in [2.05, 4.69) is 39.9 Å². The van der Waals surface area contributed by atoms with Crippen LogP contribution in [0.3, 0.4) is 0 Å². The van der Waals surface area contributed by atoms with E-state index in [9.17, 15) is 14.9 Å². The van der Waals surface area contributed by atoms with Crippen molar-refractivity contribution in [1.82, 2.24) is 0 Å². The molecule has 1 heterocycles. The summed E-state index contributed by atoms with van der Waals surface area (Å²) in [5, 5.41) is 13.7. The van der Waals surface area contributed by atoms with E-state index in [1.165, 1.54) is 57.3 Å². The molecule has 0 atom stereocenters. The number of nitrogens with zero attached hydrogens (tertiary/aromatic N) is 1. The molecule has 36 heavy (non-hydrogen) atoms. The van der Waals surface area contributed by atoms with Crippen LogP contribution in [0, 0.1) is 44.7 Å². The van der Waals surface area contributed by atoms with Gasteiger partial charge in [0, 0.05) is 34.0 Å². The third-order valence-corrected chi connectivity index (χ3v) is 7.80. The number of furan rings is 1. The molecule has 0 saturated carbocycles. The van der Waals surface area contributed by atoms with Gasteiger partial charge in [0.2, 0.25) is 0 Å². The Balaban J connectivity index is 1.41. The first-order valence-corrected chi connectivity index (χ1v) is 12.4. The SMILES string of the molecule is Cc1c(C)c(C)c(Cc2ccc(C(=O)Nc3ccc(Sc4ccc([N+](=O)[O-])cc4)cc3)o2)c(C)c1C. The number of carbonyl (C=O) groups is 1. The van der Waals surface area contributed by atoms with Gasteiger partial charge in [-0.3, -0.25) is 14.9 Å². The van der Waals surface area contributed by atoms with E-state index in [1.807, 2.05) is 30.3 Å². The monoisotopic (exact) mass is 500 g/mol. The molecule has 0 aliphatic rings. The predicted molar refractivity (Wildman–Crippen MR) is 143 cm³/mol.